The van der Waals surface area contributed by atoms with Crippen LogP contribution in [0.1, 0.15) is 37.8 Å². The van der Waals surface area contributed by atoms with Gasteiger partial charge in [-0.15, -0.1) is 0 Å². The standard InChI is InChI=1S/C24H29NO2S/c1-17(2)10-9-11-19(4)22-16-28(26,20-12-7-6-8-13-20)25-24-21(22)14-18(3)15-23(24)27-5/h6-15,19,22H,16H2,1-5H3/b11-9+/t19-,22+,28?/m0/s1. The Morgan fingerprint density at radius 3 is 2.61 bits per heavy atom. The van der Waals surface area contributed by atoms with Gasteiger partial charge in [0.25, 0.3) is 0 Å². The molecule has 28 heavy (non-hydrogen) atoms. The zero-order valence-corrected chi connectivity index (χ0v) is 18.1. The molecule has 1 aliphatic rings. The molecule has 0 saturated carbocycles. The predicted molar refractivity (Wildman–Crippen MR) is 118 cm³/mol. The number of hydrogen-bond donors (Lipinski definition) is 0. The molecule has 148 valence electrons. The Hall–Kier alpha value is -2.33. The molecule has 0 radical (unpaired) electrons. The Labute approximate surface area is 169 Å². The summed E-state index contributed by atoms with van der Waals surface area (Å²) in [5.41, 5.74) is 4.25. The molecule has 1 heterocycles. The fourth-order valence-corrected chi connectivity index (χ4v) is 6.02. The second kappa shape index (κ2) is 8.36. The fraction of sp³-hybridized carbons (Fsp3) is 0.333. The van der Waals surface area contributed by atoms with E-state index >= 15 is 0 Å². The maximum absolute atomic E-state index is 14.0. The molecule has 0 N–H and O–H groups in total. The van der Waals surface area contributed by atoms with Crippen molar-refractivity contribution in [2.75, 3.05) is 12.9 Å². The van der Waals surface area contributed by atoms with Gasteiger partial charge in [-0.2, -0.15) is 4.36 Å². The highest BCUT2D eigenvalue weighted by atomic mass is 32.2. The van der Waals surface area contributed by atoms with Crippen molar-refractivity contribution in [3.63, 3.8) is 0 Å². The third-order valence-corrected chi connectivity index (χ3v) is 7.40. The molecule has 2 aromatic rings. The summed E-state index contributed by atoms with van der Waals surface area (Å²) in [5, 5.41) is 0. The van der Waals surface area contributed by atoms with E-state index in [4.69, 9.17) is 9.10 Å². The van der Waals surface area contributed by atoms with Crippen LogP contribution in [-0.4, -0.2) is 17.1 Å². The zero-order chi connectivity index (χ0) is 20.3. The summed E-state index contributed by atoms with van der Waals surface area (Å²) in [7, 11) is -0.918. The molecule has 0 saturated heterocycles. The van der Waals surface area contributed by atoms with Gasteiger partial charge in [0, 0.05) is 16.6 Å². The van der Waals surface area contributed by atoms with Crippen LogP contribution in [0.25, 0.3) is 0 Å². The van der Waals surface area contributed by atoms with E-state index in [2.05, 4.69) is 52.0 Å². The molecule has 1 unspecified atom stereocenters. The first-order valence-electron chi connectivity index (χ1n) is 9.64. The van der Waals surface area contributed by atoms with Gasteiger partial charge in [-0.1, -0.05) is 55.0 Å². The average molecular weight is 396 g/mol. The van der Waals surface area contributed by atoms with Gasteiger partial charge in [-0.25, -0.2) is 4.21 Å². The number of methoxy groups -OCH3 is 1. The van der Waals surface area contributed by atoms with Crippen LogP contribution >= 0.6 is 0 Å². The first-order valence-corrected chi connectivity index (χ1v) is 11.3. The molecule has 3 rings (SSSR count). The van der Waals surface area contributed by atoms with Crippen LogP contribution < -0.4 is 4.74 Å². The van der Waals surface area contributed by atoms with E-state index in [1.54, 1.807) is 7.11 Å². The second-order valence-corrected chi connectivity index (χ2v) is 9.98. The lowest BCUT2D eigenvalue weighted by Crippen LogP contribution is -2.23. The Morgan fingerprint density at radius 2 is 1.96 bits per heavy atom. The van der Waals surface area contributed by atoms with Crippen molar-refractivity contribution in [2.24, 2.45) is 10.3 Å². The van der Waals surface area contributed by atoms with Crippen molar-refractivity contribution < 1.29 is 8.95 Å². The van der Waals surface area contributed by atoms with Crippen molar-refractivity contribution in [1.82, 2.24) is 0 Å². The molecule has 4 heteroatoms. The number of aryl methyl sites for hydroxylation is 1. The van der Waals surface area contributed by atoms with Crippen molar-refractivity contribution in [2.45, 2.75) is 38.5 Å². The molecule has 0 fully saturated rings. The summed E-state index contributed by atoms with van der Waals surface area (Å²) in [5.74, 6) is 1.54. The fourth-order valence-electron chi connectivity index (χ4n) is 3.60. The number of hydrogen-bond acceptors (Lipinski definition) is 3. The number of benzene rings is 2. The van der Waals surface area contributed by atoms with Gasteiger partial charge in [-0.05, 0) is 56.0 Å². The summed E-state index contributed by atoms with van der Waals surface area (Å²) in [6.07, 6.45) is 6.41. The monoisotopic (exact) mass is 395 g/mol. The van der Waals surface area contributed by atoms with E-state index in [0.717, 1.165) is 21.7 Å². The molecule has 1 aliphatic heterocycles. The summed E-state index contributed by atoms with van der Waals surface area (Å²) < 4.78 is 24.3. The first kappa shape index (κ1) is 20.4. The van der Waals surface area contributed by atoms with Gasteiger partial charge in [0.15, 0.2) is 0 Å². The SMILES string of the molecule is COc1cc(C)cc2c1N=S(=O)(c1ccccc1)C[C@@H]2[C@@H](C)/C=C/C=C(C)C. The largest absolute Gasteiger partial charge is 0.494 e. The van der Waals surface area contributed by atoms with Crippen LogP contribution in [0.15, 0.2) is 75.5 Å². The van der Waals surface area contributed by atoms with Crippen LogP contribution in [-0.2, 0) is 9.73 Å². The lowest BCUT2D eigenvalue weighted by molar-refractivity contribution is 0.414. The number of fused-ring (bicyclic) bond motifs is 1. The van der Waals surface area contributed by atoms with Crippen molar-refractivity contribution in [1.29, 1.82) is 0 Å². The third-order valence-electron chi connectivity index (χ3n) is 5.10. The Kier molecular flexibility index (Phi) is 6.09. The number of nitrogens with zero attached hydrogens (tertiary/aromatic N) is 1. The van der Waals surface area contributed by atoms with Crippen LogP contribution in [0.5, 0.6) is 5.75 Å². The lowest BCUT2D eigenvalue weighted by Gasteiger charge is -2.30. The highest BCUT2D eigenvalue weighted by Crippen LogP contribution is 2.46. The number of rotatable bonds is 5. The van der Waals surface area contributed by atoms with E-state index in [0.29, 0.717) is 11.5 Å². The maximum Gasteiger partial charge on any atom is 0.145 e. The van der Waals surface area contributed by atoms with Crippen molar-refractivity contribution in [3.05, 3.63) is 77.4 Å². The topological polar surface area (TPSA) is 38.7 Å². The Balaban J connectivity index is 2.17. The van der Waals surface area contributed by atoms with Gasteiger partial charge < -0.3 is 4.74 Å². The van der Waals surface area contributed by atoms with E-state index in [9.17, 15) is 4.21 Å². The normalized spacial score (nSPS) is 22.2. The molecular weight excluding hydrogens is 366 g/mol. The Bertz CT molecular complexity index is 1020. The summed E-state index contributed by atoms with van der Waals surface area (Å²) in [6, 6.07) is 13.8. The summed E-state index contributed by atoms with van der Waals surface area (Å²) >= 11 is 0. The van der Waals surface area contributed by atoms with Gasteiger partial charge in [-0.3, -0.25) is 0 Å². The van der Waals surface area contributed by atoms with Gasteiger partial charge in [0.1, 0.15) is 11.4 Å². The predicted octanol–water partition coefficient (Wildman–Crippen LogP) is 6.42. The highest BCUT2D eigenvalue weighted by molar-refractivity contribution is 7.93. The quantitative estimate of drug-likeness (QED) is 0.548. The molecule has 3 atom stereocenters. The highest BCUT2D eigenvalue weighted by Gasteiger charge is 2.32. The third kappa shape index (κ3) is 4.22. The number of allylic oxidation sites excluding steroid dienone is 4. The zero-order valence-electron chi connectivity index (χ0n) is 17.3. The molecule has 2 aromatic carbocycles. The van der Waals surface area contributed by atoms with Crippen LogP contribution in [0.2, 0.25) is 0 Å². The molecule has 3 nitrogen and oxygen atoms in total. The molecule has 0 bridgehead atoms. The van der Waals surface area contributed by atoms with E-state index in [1.165, 1.54) is 5.57 Å². The second-order valence-electron chi connectivity index (χ2n) is 7.71. The minimum absolute atomic E-state index is 0.107. The van der Waals surface area contributed by atoms with Crippen LogP contribution in [0.4, 0.5) is 5.69 Å². The van der Waals surface area contributed by atoms with E-state index in [-0.39, 0.29) is 11.8 Å². The summed E-state index contributed by atoms with van der Waals surface area (Å²) in [4.78, 5) is 0.786. The number of ether oxygens (including phenoxy) is 1. The molecule has 0 amide bonds. The van der Waals surface area contributed by atoms with Crippen molar-refractivity contribution in [3.8, 4) is 5.75 Å². The maximum atomic E-state index is 14.0. The summed E-state index contributed by atoms with van der Waals surface area (Å²) in [6.45, 7) is 8.42. The molecule has 0 aromatic heterocycles. The molecular formula is C24H29NO2S. The van der Waals surface area contributed by atoms with Gasteiger partial charge in [0.2, 0.25) is 0 Å². The molecule has 0 aliphatic carbocycles. The van der Waals surface area contributed by atoms with Gasteiger partial charge in [0.05, 0.1) is 16.8 Å². The van der Waals surface area contributed by atoms with E-state index < -0.39 is 9.73 Å². The Morgan fingerprint density at radius 1 is 1.25 bits per heavy atom. The van der Waals surface area contributed by atoms with Crippen molar-refractivity contribution >= 4 is 15.4 Å². The lowest BCUT2D eigenvalue weighted by atomic mass is 9.86. The minimum atomic E-state index is -2.57. The van der Waals surface area contributed by atoms with Gasteiger partial charge >= 0.3 is 0 Å². The van der Waals surface area contributed by atoms with E-state index in [1.807, 2.05) is 36.4 Å². The molecule has 0 spiro atoms. The average Bonchev–Trinajstić information content (AvgIpc) is 2.67. The first-order chi connectivity index (χ1) is 13.3. The minimum Gasteiger partial charge on any atom is -0.494 e. The van der Waals surface area contributed by atoms with Crippen LogP contribution in [0, 0.1) is 12.8 Å². The van der Waals surface area contributed by atoms with Crippen LogP contribution in [0.3, 0.4) is 0 Å². The smallest absolute Gasteiger partial charge is 0.145 e.